The second-order valence-corrected chi connectivity index (χ2v) is 4.12. The Bertz CT molecular complexity index is 326. The molecule has 0 aliphatic carbocycles. The first kappa shape index (κ1) is 13.1. The van der Waals surface area contributed by atoms with Crippen LogP contribution in [0.25, 0.3) is 0 Å². The van der Waals surface area contributed by atoms with Gasteiger partial charge in [0.25, 0.3) is 5.91 Å². The maximum absolute atomic E-state index is 11.7. The summed E-state index contributed by atoms with van der Waals surface area (Å²) < 4.78 is 3.79. The summed E-state index contributed by atoms with van der Waals surface area (Å²) in [4.78, 5) is 12.4. The van der Waals surface area contributed by atoms with E-state index in [2.05, 4.69) is 27.1 Å². The Morgan fingerprint density at radius 2 is 2.19 bits per heavy atom. The number of nitrogens with one attached hydrogen (secondary N) is 2. The Balaban J connectivity index is 2.30. The van der Waals surface area contributed by atoms with Gasteiger partial charge in [-0.3, -0.25) is 4.79 Å². The van der Waals surface area contributed by atoms with Crippen LogP contribution in [0, 0.1) is 0 Å². The summed E-state index contributed by atoms with van der Waals surface area (Å²) in [6, 6.07) is 0. The number of aromatic nitrogens is 2. The van der Waals surface area contributed by atoms with Gasteiger partial charge in [0.1, 0.15) is 4.88 Å². The fourth-order valence-electron chi connectivity index (χ4n) is 1.28. The Labute approximate surface area is 99.8 Å². The van der Waals surface area contributed by atoms with Crippen LogP contribution in [0.15, 0.2) is 0 Å². The van der Waals surface area contributed by atoms with Crippen molar-refractivity contribution in [2.45, 2.75) is 26.7 Å². The van der Waals surface area contributed by atoms with E-state index in [1.165, 1.54) is 0 Å². The number of carbonyl (C=O) groups is 1. The summed E-state index contributed by atoms with van der Waals surface area (Å²) in [5.41, 5.74) is 0.786. The largest absolute Gasteiger partial charge is 0.351 e. The first-order valence-corrected chi connectivity index (χ1v) is 6.37. The molecule has 0 unspecified atom stereocenters. The van der Waals surface area contributed by atoms with Crippen LogP contribution in [-0.4, -0.2) is 35.1 Å². The summed E-state index contributed by atoms with van der Waals surface area (Å²) >= 11 is 1.16. The fourth-order valence-corrected chi connectivity index (χ4v) is 1.95. The summed E-state index contributed by atoms with van der Waals surface area (Å²) in [5, 5.41) is 9.98. The monoisotopic (exact) mass is 242 g/mol. The minimum Gasteiger partial charge on any atom is -0.351 e. The molecule has 0 saturated carbocycles. The van der Waals surface area contributed by atoms with Crippen molar-refractivity contribution < 1.29 is 4.79 Å². The molecule has 0 spiro atoms. The molecule has 0 fully saturated rings. The first-order valence-electron chi connectivity index (χ1n) is 5.59. The lowest BCUT2D eigenvalue weighted by atomic mass is 10.3. The molecule has 0 saturated heterocycles. The second-order valence-electron chi connectivity index (χ2n) is 3.37. The van der Waals surface area contributed by atoms with E-state index in [9.17, 15) is 4.79 Å². The highest BCUT2D eigenvalue weighted by Crippen LogP contribution is 2.10. The number of hydrogen-bond donors (Lipinski definition) is 2. The number of carbonyl (C=O) groups excluding carboxylic acids is 1. The van der Waals surface area contributed by atoms with E-state index >= 15 is 0 Å². The Hall–Kier alpha value is -1.01. The van der Waals surface area contributed by atoms with Gasteiger partial charge in [-0.15, -0.1) is 5.10 Å². The van der Waals surface area contributed by atoms with Crippen LogP contribution in [0.5, 0.6) is 0 Å². The van der Waals surface area contributed by atoms with Crippen LogP contribution in [0.2, 0.25) is 0 Å². The van der Waals surface area contributed by atoms with E-state index in [0.717, 1.165) is 43.2 Å². The Kier molecular flexibility index (Phi) is 5.95. The quantitative estimate of drug-likeness (QED) is 0.695. The van der Waals surface area contributed by atoms with Crippen LogP contribution in [0.4, 0.5) is 0 Å². The number of hydrogen-bond acceptors (Lipinski definition) is 5. The van der Waals surface area contributed by atoms with Crippen molar-refractivity contribution in [1.82, 2.24) is 20.2 Å². The molecule has 0 aliphatic rings. The van der Waals surface area contributed by atoms with Crippen molar-refractivity contribution in [2.24, 2.45) is 0 Å². The lowest BCUT2D eigenvalue weighted by Gasteiger charge is -2.04. The van der Waals surface area contributed by atoms with Gasteiger partial charge in [-0.2, -0.15) is 0 Å². The Morgan fingerprint density at radius 1 is 1.38 bits per heavy atom. The van der Waals surface area contributed by atoms with Crippen LogP contribution < -0.4 is 10.6 Å². The number of amides is 1. The summed E-state index contributed by atoms with van der Waals surface area (Å²) in [6.45, 7) is 6.62. The molecule has 1 rings (SSSR count). The van der Waals surface area contributed by atoms with Gasteiger partial charge in [0.2, 0.25) is 0 Å². The zero-order chi connectivity index (χ0) is 11.8. The number of aryl methyl sites for hydroxylation is 1. The topological polar surface area (TPSA) is 66.9 Å². The van der Waals surface area contributed by atoms with E-state index in [0.29, 0.717) is 11.4 Å². The standard InChI is InChI=1S/C10H18N4OS/c1-3-8-9(16-14-13-8)10(15)12-7-5-6-11-4-2/h11H,3-7H2,1-2H3,(H,12,15). The van der Waals surface area contributed by atoms with Crippen molar-refractivity contribution in [3.05, 3.63) is 10.6 Å². The zero-order valence-electron chi connectivity index (χ0n) is 9.75. The van der Waals surface area contributed by atoms with Crippen molar-refractivity contribution in [3.63, 3.8) is 0 Å². The number of rotatable bonds is 7. The highest BCUT2D eigenvalue weighted by molar-refractivity contribution is 7.08. The van der Waals surface area contributed by atoms with Gasteiger partial charge < -0.3 is 10.6 Å². The van der Waals surface area contributed by atoms with Gasteiger partial charge in [-0.05, 0) is 37.5 Å². The Morgan fingerprint density at radius 3 is 2.88 bits per heavy atom. The summed E-state index contributed by atoms with van der Waals surface area (Å²) in [7, 11) is 0. The predicted octanol–water partition coefficient (Wildman–Crippen LogP) is 0.830. The third-order valence-corrected chi connectivity index (χ3v) is 2.93. The zero-order valence-corrected chi connectivity index (χ0v) is 10.6. The second kappa shape index (κ2) is 7.29. The average Bonchev–Trinajstić information content (AvgIpc) is 2.76. The molecule has 0 bridgehead atoms. The molecule has 0 atom stereocenters. The van der Waals surface area contributed by atoms with Crippen molar-refractivity contribution >= 4 is 17.4 Å². The summed E-state index contributed by atoms with van der Waals surface area (Å²) in [6.07, 6.45) is 1.68. The van der Waals surface area contributed by atoms with Gasteiger partial charge in [0.15, 0.2) is 0 Å². The smallest absolute Gasteiger partial charge is 0.264 e. The van der Waals surface area contributed by atoms with Crippen LogP contribution in [0.1, 0.15) is 35.6 Å². The third-order valence-electron chi connectivity index (χ3n) is 2.16. The molecule has 0 aliphatic heterocycles. The lowest BCUT2D eigenvalue weighted by molar-refractivity contribution is 0.0956. The first-order chi connectivity index (χ1) is 7.79. The molecule has 1 aromatic rings. The molecule has 16 heavy (non-hydrogen) atoms. The molecule has 1 heterocycles. The minimum absolute atomic E-state index is 0.0525. The van der Waals surface area contributed by atoms with Crippen LogP contribution >= 0.6 is 11.5 Å². The maximum atomic E-state index is 11.7. The van der Waals surface area contributed by atoms with Crippen LogP contribution in [0.3, 0.4) is 0 Å². The molecule has 1 amide bonds. The molecule has 0 aromatic carbocycles. The molecule has 90 valence electrons. The van der Waals surface area contributed by atoms with E-state index in [4.69, 9.17) is 0 Å². The molecule has 1 aromatic heterocycles. The summed E-state index contributed by atoms with van der Waals surface area (Å²) in [5.74, 6) is -0.0525. The molecular formula is C10H18N4OS. The normalized spacial score (nSPS) is 10.4. The lowest BCUT2D eigenvalue weighted by Crippen LogP contribution is -2.27. The van der Waals surface area contributed by atoms with Crippen molar-refractivity contribution in [2.75, 3.05) is 19.6 Å². The molecular weight excluding hydrogens is 224 g/mol. The van der Waals surface area contributed by atoms with Gasteiger partial charge >= 0.3 is 0 Å². The maximum Gasteiger partial charge on any atom is 0.264 e. The fraction of sp³-hybridized carbons (Fsp3) is 0.700. The molecule has 5 nitrogen and oxygen atoms in total. The highest BCUT2D eigenvalue weighted by Gasteiger charge is 2.13. The van der Waals surface area contributed by atoms with E-state index in [1.54, 1.807) is 0 Å². The predicted molar refractivity (Wildman–Crippen MR) is 64.8 cm³/mol. The molecule has 2 N–H and O–H groups in total. The van der Waals surface area contributed by atoms with Gasteiger partial charge in [-0.1, -0.05) is 18.3 Å². The minimum atomic E-state index is -0.0525. The van der Waals surface area contributed by atoms with Gasteiger partial charge in [0, 0.05) is 6.54 Å². The highest BCUT2D eigenvalue weighted by atomic mass is 32.1. The van der Waals surface area contributed by atoms with Crippen molar-refractivity contribution in [1.29, 1.82) is 0 Å². The van der Waals surface area contributed by atoms with E-state index in [-0.39, 0.29) is 5.91 Å². The van der Waals surface area contributed by atoms with Gasteiger partial charge in [-0.25, -0.2) is 0 Å². The SMILES string of the molecule is CCNCCCNC(=O)c1snnc1CC. The average molecular weight is 242 g/mol. The molecule has 6 heteroatoms. The van der Waals surface area contributed by atoms with Crippen LogP contribution in [-0.2, 0) is 6.42 Å². The van der Waals surface area contributed by atoms with E-state index < -0.39 is 0 Å². The third kappa shape index (κ3) is 3.86. The molecule has 0 radical (unpaired) electrons. The van der Waals surface area contributed by atoms with Gasteiger partial charge in [0.05, 0.1) is 5.69 Å². The van der Waals surface area contributed by atoms with E-state index in [1.807, 2.05) is 6.92 Å². The number of nitrogens with zero attached hydrogens (tertiary/aromatic N) is 2. The van der Waals surface area contributed by atoms with Crippen molar-refractivity contribution in [3.8, 4) is 0 Å².